The fraction of sp³-hybridized carbons (Fsp3) is 1.00. The van der Waals surface area contributed by atoms with Crippen LogP contribution in [0, 0.1) is 0 Å². The fourth-order valence-electron chi connectivity index (χ4n) is 2.45. The van der Waals surface area contributed by atoms with Gasteiger partial charge in [0.2, 0.25) is 0 Å². The van der Waals surface area contributed by atoms with Crippen molar-refractivity contribution in [3.8, 4) is 0 Å². The highest BCUT2D eigenvalue weighted by Gasteiger charge is 2.23. The molecule has 1 aliphatic rings. The summed E-state index contributed by atoms with van der Waals surface area (Å²) in [6.07, 6.45) is 5.34. The Hall–Kier alpha value is -0.160. The Kier molecular flexibility index (Phi) is 8.59. The highest BCUT2D eigenvalue weighted by molar-refractivity contribution is 4.78. The van der Waals surface area contributed by atoms with Gasteiger partial charge >= 0.3 is 0 Å². The number of ether oxygens (including phenoxy) is 3. The van der Waals surface area contributed by atoms with E-state index in [9.17, 15) is 0 Å². The summed E-state index contributed by atoms with van der Waals surface area (Å²) in [6, 6.07) is 0.623. The molecule has 0 radical (unpaired) electrons. The Bertz CT molecular complexity index is 191. The molecule has 2 atom stereocenters. The minimum Gasteiger partial charge on any atom is -0.382 e. The Morgan fingerprint density at radius 2 is 1.78 bits per heavy atom. The molecule has 1 rings (SSSR count). The smallest absolute Gasteiger partial charge is 0.0700 e. The van der Waals surface area contributed by atoms with E-state index in [0.29, 0.717) is 31.5 Å². The van der Waals surface area contributed by atoms with Gasteiger partial charge < -0.3 is 19.5 Å². The van der Waals surface area contributed by atoms with Gasteiger partial charge in [0.25, 0.3) is 0 Å². The molecule has 0 spiro atoms. The van der Waals surface area contributed by atoms with Crippen molar-refractivity contribution in [2.75, 3.05) is 33.5 Å². The number of nitrogens with one attached hydrogen (secondary N) is 1. The van der Waals surface area contributed by atoms with Crippen molar-refractivity contribution in [2.45, 2.75) is 57.8 Å². The minimum atomic E-state index is 0.392. The molecule has 0 aromatic carbocycles. The molecular formula is C14H29NO3. The topological polar surface area (TPSA) is 39.7 Å². The Morgan fingerprint density at radius 3 is 2.44 bits per heavy atom. The van der Waals surface area contributed by atoms with Crippen LogP contribution in [0.5, 0.6) is 0 Å². The summed E-state index contributed by atoms with van der Waals surface area (Å²) in [6.45, 7) is 7.64. The highest BCUT2D eigenvalue weighted by Crippen LogP contribution is 2.18. The van der Waals surface area contributed by atoms with Crippen LogP contribution in [-0.2, 0) is 14.2 Å². The van der Waals surface area contributed by atoms with E-state index in [-0.39, 0.29) is 0 Å². The maximum atomic E-state index is 5.73. The minimum absolute atomic E-state index is 0.392. The van der Waals surface area contributed by atoms with E-state index in [1.165, 1.54) is 6.42 Å². The standard InChI is InChI=1S/C14H29NO3/c1-12-10-14(11-13(2)18-12)15-6-4-5-7-17-9-8-16-3/h12-15H,4-11H2,1-3H3. The molecule has 1 heterocycles. The molecule has 1 N–H and O–H groups in total. The van der Waals surface area contributed by atoms with E-state index in [1.807, 2.05) is 0 Å². The van der Waals surface area contributed by atoms with E-state index in [1.54, 1.807) is 7.11 Å². The van der Waals surface area contributed by atoms with Crippen LogP contribution < -0.4 is 5.32 Å². The number of methoxy groups -OCH3 is 1. The van der Waals surface area contributed by atoms with Crippen molar-refractivity contribution < 1.29 is 14.2 Å². The second-order valence-corrected chi connectivity index (χ2v) is 5.19. The summed E-state index contributed by atoms with van der Waals surface area (Å²) in [4.78, 5) is 0. The highest BCUT2D eigenvalue weighted by atomic mass is 16.5. The quantitative estimate of drug-likeness (QED) is 0.643. The number of hydrogen-bond acceptors (Lipinski definition) is 4. The molecule has 0 saturated carbocycles. The molecule has 1 saturated heterocycles. The monoisotopic (exact) mass is 259 g/mol. The van der Waals surface area contributed by atoms with Crippen molar-refractivity contribution in [2.24, 2.45) is 0 Å². The first-order valence-electron chi connectivity index (χ1n) is 7.18. The first-order valence-corrected chi connectivity index (χ1v) is 7.18. The van der Waals surface area contributed by atoms with E-state index >= 15 is 0 Å². The lowest BCUT2D eigenvalue weighted by Gasteiger charge is -2.32. The van der Waals surface area contributed by atoms with Crippen molar-refractivity contribution in [1.82, 2.24) is 5.32 Å². The van der Waals surface area contributed by atoms with Gasteiger partial charge in [-0.25, -0.2) is 0 Å². The lowest BCUT2D eigenvalue weighted by Crippen LogP contribution is -2.41. The predicted octanol–water partition coefficient (Wildman–Crippen LogP) is 1.98. The summed E-state index contributed by atoms with van der Waals surface area (Å²) in [7, 11) is 1.70. The molecule has 108 valence electrons. The third-order valence-electron chi connectivity index (χ3n) is 3.28. The Morgan fingerprint density at radius 1 is 1.06 bits per heavy atom. The van der Waals surface area contributed by atoms with Gasteiger partial charge in [0.1, 0.15) is 0 Å². The molecule has 1 fully saturated rings. The van der Waals surface area contributed by atoms with Crippen molar-refractivity contribution >= 4 is 0 Å². The Balaban J connectivity index is 1.91. The summed E-state index contributed by atoms with van der Waals surface area (Å²) in [5, 5.41) is 3.62. The summed E-state index contributed by atoms with van der Waals surface area (Å²) in [5.41, 5.74) is 0. The van der Waals surface area contributed by atoms with Crippen molar-refractivity contribution in [3.05, 3.63) is 0 Å². The number of hydrogen-bond donors (Lipinski definition) is 1. The largest absolute Gasteiger partial charge is 0.382 e. The molecule has 0 amide bonds. The molecule has 0 bridgehead atoms. The van der Waals surface area contributed by atoms with Crippen LogP contribution in [0.3, 0.4) is 0 Å². The molecule has 18 heavy (non-hydrogen) atoms. The normalized spacial score (nSPS) is 28.5. The van der Waals surface area contributed by atoms with Crippen LogP contribution in [0.25, 0.3) is 0 Å². The fourth-order valence-corrected chi connectivity index (χ4v) is 2.45. The van der Waals surface area contributed by atoms with Gasteiger partial charge in [-0.1, -0.05) is 0 Å². The van der Waals surface area contributed by atoms with Gasteiger partial charge in [-0.15, -0.1) is 0 Å². The van der Waals surface area contributed by atoms with Crippen molar-refractivity contribution in [1.29, 1.82) is 0 Å². The van der Waals surface area contributed by atoms with Crippen molar-refractivity contribution in [3.63, 3.8) is 0 Å². The van der Waals surface area contributed by atoms with Crippen LogP contribution in [0.15, 0.2) is 0 Å². The summed E-state index contributed by atoms with van der Waals surface area (Å²) >= 11 is 0. The van der Waals surface area contributed by atoms with Crippen LogP contribution >= 0.6 is 0 Å². The zero-order valence-corrected chi connectivity index (χ0v) is 12.1. The molecule has 0 aliphatic carbocycles. The van der Waals surface area contributed by atoms with E-state index in [0.717, 1.165) is 32.4 Å². The van der Waals surface area contributed by atoms with Gasteiger partial charge in [-0.3, -0.25) is 0 Å². The molecule has 0 aromatic rings. The second-order valence-electron chi connectivity index (χ2n) is 5.19. The molecule has 4 heteroatoms. The van der Waals surface area contributed by atoms with E-state index in [4.69, 9.17) is 14.2 Å². The SMILES string of the molecule is COCCOCCCCNC1CC(C)OC(C)C1. The predicted molar refractivity (Wildman–Crippen MR) is 73.0 cm³/mol. The van der Waals surface area contributed by atoms with Crippen LogP contribution in [-0.4, -0.2) is 51.7 Å². The zero-order chi connectivity index (χ0) is 13.2. The van der Waals surface area contributed by atoms with Crippen LogP contribution in [0.4, 0.5) is 0 Å². The van der Waals surface area contributed by atoms with E-state index < -0.39 is 0 Å². The van der Waals surface area contributed by atoms with Gasteiger partial charge in [0, 0.05) is 19.8 Å². The first-order chi connectivity index (χ1) is 8.72. The van der Waals surface area contributed by atoms with Crippen LogP contribution in [0.2, 0.25) is 0 Å². The molecular weight excluding hydrogens is 230 g/mol. The summed E-state index contributed by atoms with van der Waals surface area (Å²) in [5.74, 6) is 0. The average Bonchev–Trinajstić information content (AvgIpc) is 2.31. The number of rotatable bonds is 9. The van der Waals surface area contributed by atoms with Gasteiger partial charge in [0.15, 0.2) is 0 Å². The zero-order valence-electron chi connectivity index (χ0n) is 12.1. The molecule has 2 unspecified atom stereocenters. The van der Waals surface area contributed by atoms with Gasteiger partial charge in [-0.05, 0) is 46.1 Å². The maximum Gasteiger partial charge on any atom is 0.0700 e. The second kappa shape index (κ2) is 9.73. The third kappa shape index (κ3) is 7.31. The lowest BCUT2D eigenvalue weighted by molar-refractivity contribution is -0.0420. The van der Waals surface area contributed by atoms with Gasteiger partial charge in [0.05, 0.1) is 25.4 Å². The molecule has 0 aromatic heterocycles. The van der Waals surface area contributed by atoms with Crippen LogP contribution in [0.1, 0.15) is 39.5 Å². The first kappa shape index (κ1) is 15.9. The molecule has 1 aliphatic heterocycles. The lowest BCUT2D eigenvalue weighted by atomic mass is 10.00. The Labute approximate surface area is 111 Å². The summed E-state index contributed by atoms with van der Waals surface area (Å²) < 4.78 is 16.1. The third-order valence-corrected chi connectivity index (χ3v) is 3.28. The maximum absolute atomic E-state index is 5.73. The van der Waals surface area contributed by atoms with E-state index in [2.05, 4.69) is 19.2 Å². The average molecular weight is 259 g/mol. The number of unbranched alkanes of at least 4 members (excludes halogenated alkanes) is 1. The molecule has 4 nitrogen and oxygen atoms in total. The van der Waals surface area contributed by atoms with Gasteiger partial charge in [-0.2, -0.15) is 0 Å².